The van der Waals surface area contributed by atoms with Gasteiger partial charge < -0.3 is 8.85 Å². The second kappa shape index (κ2) is 7.72. The highest BCUT2D eigenvalue weighted by Crippen LogP contribution is 2.18. The van der Waals surface area contributed by atoms with E-state index in [-0.39, 0.29) is 0 Å². The number of hydrogen-bond acceptors (Lipinski definition) is 2. The molecule has 19 heavy (non-hydrogen) atoms. The van der Waals surface area contributed by atoms with Gasteiger partial charge in [-0.3, -0.25) is 0 Å². The highest BCUT2D eigenvalue weighted by molar-refractivity contribution is 6.65. The van der Waals surface area contributed by atoms with Crippen LogP contribution in [0.25, 0.3) is 0 Å². The molecule has 0 aromatic heterocycles. The summed E-state index contributed by atoms with van der Waals surface area (Å²) in [6, 6.07) is 4.70. The largest absolute Gasteiger partial charge is 0.398 e. The first kappa shape index (κ1) is 16.3. The van der Waals surface area contributed by atoms with Crippen LogP contribution in [0.3, 0.4) is 0 Å². The highest BCUT2D eigenvalue weighted by atomic mass is 28.4. The van der Waals surface area contributed by atoms with Crippen molar-refractivity contribution in [3.63, 3.8) is 0 Å². The van der Waals surface area contributed by atoms with Crippen molar-refractivity contribution >= 4 is 8.56 Å². The van der Waals surface area contributed by atoms with E-state index in [1.165, 1.54) is 12.1 Å². The van der Waals surface area contributed by atoms with E-state index in [0.717, 1.165) is 31.4 Å². The Morgan fingerprint density at radius 3 is 2.32 bits per heavy atom. The third-order valence-corrected chi connectivity index (χ3v) is 6.44. The molecule has 0 heterocycles. The Balaban J connectivity index is 2.28. The van der Waals surface area contributed by atoms with Crippen LogP contribution in [0.2, 0.25) is 12.6 Å². The maximum atomic E-state index is 13.4. The third-order valence-electron chi connectivity index (χ3n) is 3.46. The lowest BCUT2D eigenvalue weighted by Crippen LogP contribution is -2.35. The minimum atomic E-state index is -1.97. The van der Waals surface area contributed by atoms with Gasteiger partial charge in [-0.05, 0) is 37.1 Å². The molecule has 1 aromatic carbocycles. The van der Waals surface area contributed by atoms with Crippen LogP contribution in [-0.4, -0.2) is 22.8 Å². The lowest BCUT2D eigenvalue weighted by molar-refractivity contribution is 0.248. The van der Waals surface area contributed by atoms with Gasteiger partial charge in [0.25, 0.3) is 0 Å². The summed E-state index contributed by atoms with van der Waals surface area (Å²) < 4.78 is 36.9. The Morgan fingerprint density at radius 1 is 1.05 bits per heavy atom. The van der Waals surface area contributed by atoms with Crippen molar-refractivity contribution in [2.24, 2.45) is 0 Å². The number of unbranched alkanes of at least 4 members (excludes halogenated alkanes) is 2. The molecule has 0 spiro atoms. The van der Waals surface area contributed by atoms with Gasteiger partial charge >= 0.3 is 8.56 Å². The predicted molar refractivity (Wildman–Crippen MR) is 74.4 cm³/mol. The van der Waals surface area contributed by atoms with Crippen molar-refractivity contribution < 1.29 is 17.6 Å². The smallest absolute Gasteiger partial charge is 0.334 e. The van der Waals surface area contributed by atoms with Crippen molar-refractivity contribution in [2.45, 2.75) is 38.3 Å². The SMILES string of the molecule is CO[Si](C)(CCCCCc1ccc(F)cc1F)OC. The van der Waals surface area contributed by atoms with Crippen LogP contribution in [0.5, 0.6) is 0 Å². The van der Waals surface area contributed by atoms with Crippen LogP contribution < -0.4 is 0 Å². The maximum absolute atomic E-state index is 13.4. The van der Waals surface area contributed by atoms with E-state index in [1.807, 2.05) is 6.55 Å². The molecule has 0 fully saturated rings. The second-order valence-corrected chi connectivity index (χ2v) is 8.42. The third kappa shape index (κ3) is 5.38. The minimum Gasteiger partial charge on any atom is -0.398 e. The molecule has 0 aliphatic rings. The molecule has 0 amide bonds. The van der Waals surface area contributed by atoms with Crippen LogP contribution in [-0.2, 0) is 15.3 Å². The average Bonchev–Trinajstić information content (AvgIpc) is 2.40. The average molecular weight is 288 g/mol. The molecule has 5 heteroatoms. The van der Waals surface area contributed by atoms with Gasteiger partial charge in [0.2, 0.25) is 0 Å². The van der Waals surface area contributed by atoms with Gasteiger partial charge in [0.15, 0.2) is 0 Å². The molecule has 0 aliphatic carbocycles. The van der Waals surface area contributed by atoms with E-state index in [0.29, 0.717) is 12.0 Å². The molecule has 0 unspecified atom stereocenters. The number of rotatable bonds is 8. The number of aryl methyl sites for hydroxylation is 1. The molecule has 1 aromatic rings. The topological polar surface area (TPSA) is 18.5 Å². The molecule has 1 rings (SSSR count). The van der Waals surface area contributed by atoms with E-state index >= 15 is 0 Å². The Morgan fingerprint density at radius 2 is 1.74 bits per heavy atom. The molecule has 0 bridgehead atoms. The van der Waals surface area contributed by atoms with Gasteiger partial charge in [0.1, 0.15) is 11.6 Å². The summed E-state index contributed by atoms with van der Waals surface area (Å²) in [5.74, 6) is -0.976. The van der Waals surface area contributed by atoms with Gasteiger partial charge in [-0.1, -0.05) is 18.9 Å². The quantitative estimate of drug-likeness (QED) is 0.531. The lowest BCUT2D eigenvalue weighted by Gasteiger charge is -2.22. The Labute approximate surface area is 115 Å². The first-order chi connectivity index (χ1) is 9.00. The van der Waals surface area contributed by atoms with Gasteiger partial charge in [-0.2, -0.15) is 0 Å². The molecule has 2 nitrogen and oxygen atoms in total. The van der Waals surface area contributed by atoms with Crippen molar-refractivity contribution in [3.05, 3.63) is 35.4 Å². The molecule has 0 atom stereocenters. The highest BCUT2D eigenvalue weighted by Gasteiger charge is 2.27. The Hall–Kier alpha value is -0.783. The van der Waals surface area contributed by atoms with Gasteiger partial charge in [0, 0.05) is 20.3 Å². The van der Waals surface area contributed by atoms with E-state index in [4.69, 9.17) is 8.85 Å². The Kier molecular flexibility index (Phi) is 6.61. The fraction of sp³-hybridized carbons (Fsp3) is 0.571. The van der Waals surface area contributed by atoms with E-state index in [2.05, 4.69) is 0 Å². The summed E-state index contributed by atoms with van der Waals surface area (Å²) >= 11 is 0. The van der Waals surface area contributed by atoms with Crippen LogP contribution >= 0.6 is 0 Å². The molecule has 0 N–H and O–H groups in total. The summed E-state index contributed by atoms with van der Waals surface area (Å²) in [5, 5.41) is 0. The van der Waals surface area contributed by atoms with Gasteiger partial charge in [-0.15, -0.1) is 0 Å². The first-order valence-electron chi connectivity index (χ1n) is 6.55. The standard InChI is InChI=1S/C14H22F2O2Si/c1-17-19(3,18-2)10-6-4-5-7-12-8-9-13(15)11-14(12)16/h8-9,11H,4-7,10H2,1-3H3. The van der Waals surface area contributed by atoms with Crippen molar-refractivity contribution in [1.29, 1.82) is 0 Å². The van der Waals surface area contributed by atoms with Crippen molar-refractivity contribution in [3.8, 4) is 0 Å². The van der Waals surface area contributed by atoms with E-state index in [1.54, 1.807) is 14.2 Å². The molecule has 0 radical (unpaired) electrons. The maximum Gasteiger partial charge on any atom is 0.334 e. The molecule has 108 valence electrons. The molecule has 0 aliphatic heterocycles. The predicted octanol–water partition coefficient (Wildman–Crippen LogP) is 4.04. The van der Waals surface area contributed by atoms with Crippen molar-refractivity contribution in [1.82, 2.24) is 0 Å². The fourth-order valence-electron chi connectivity index (χ4n) is 1.95. The monoisotopic (exact) mass is 288 g/mol. The minimum absolute atomic E-state index is 0.451. The number of hydrogen-bond donors (Lipinski definition) is 0. The zero-order valence-corrected chi connectivity index (χ0v) is 12.8. The zero-order valence-electron chi connectivity index (χ0n) is 11.8. The molecule has 0 saturated carbocycles. The van der Waals surface area contributed by atoms with Crippen molar-refractivity contribution in [2.75, 3.05) is 14.2 Å². The van der Waals surface area contributed by atoms with E-state index in [9.17, 15) is 8.78 Å². The summed E-state index contributed by atoms with van der Waals surface area (Å²) in [6.45, 7) is 2.03. The molecular formula is C14H22F2O2Si. The zero-order chi connectivity index (χ0) is 14.3. The van der Waals surface area contributed by atoms with E-state index < -0.39 is 20.2 Å². The van der Waals surface area contributed by atoms with Crippen LogP contribution in [0.4, 0.5) is 8.78 Å². The molecular weight excluding hydrogens is 266 g/mol. The van der Waals surface area contributed by atoms with Crippen LogP contribution in [0.15, 0.2) is 18.2 Å². The summed E-state index contributed by atoms with van der Waals surface area (Å²) in [5.41, 5.74) is 0.583. The van der Waals surface area contributed by atoms with Crippen LogP contribution in [0, 0.1) is 11.6 Å². The summed E-state index contributed by atoms with van der Waals surface area (Å²) in [4.78, 5) is 0. The lowest BCUT2D eigenvalue weighted by atomic mass is 10.1. The Bertz CT molecular complexity index is 395. The van der Waals surface area contributed by atoms with Gasteiger partial charge in [-0.25, -0.2) is 8.78 Å². The fourth-order valence-corrected chi connectivity index (χ4v) is 3.42. The normalized spacial score (nSPS) is 11.8. The van der Waals surface area contributed by atoms with Gasteiger partial charge in [0.05, 0.1) is 0 Å². The molecule has 0 saturated heterocycles. The first-order valence-corrected chi connectivity index (χ1v) is 9.07. The van der Waals surface area contributed by atoms with Crippen LogP contribution in [0.1, 0.15) is 24.8 Å². The second-order valence-electron chi connectivity index (χ2n) is 4.84. The summed E-state index contributed by atoms with van der Waals surface area (Å²) in [6.07, 6.45) is 3.53. The number of benzene rings is 1. The summed E-state index contributed by atoms with van der Waals surface area (Å²) in [7, 11) is 1.40. The number of halogens is 2.